The van der Waals surface area contributed by atoms with Crippen molar-refractivity contribution in [2.45, 2.75) is 19.4 Å². The molecule has 0 heterocycles. The molecule has 0 radical (unpaired) electrons. The van der Waals surface area contributed by atoms with Crippen molar-refractivity contribution in [1.82, 2.24) is 5.32 Å². The number of benzene rings is 1. The van der Waals surface area contributed by atoms with Gasteiger partial charge in [0.2, 0.25) is 5.91 Å². The van der Waals surface area contributed by atoms with Crippen molar-refractivity contribution in [1.29, 1.82) is 0 Å². The minimum atomic E-state index is -0.286. The fourth-order valence-electron chi connectivity index (χ4n) is 1.28. The zero-order valence-corrected chi connectivity index (χ0v) is 9.42. The third-order valence-electron chi connectivity index (χ3n) is 2.19. The van der Waals surface area contributed by atoms with Crippen LogP contribution in [0.15, 0.2) is 24.3 Å². The van der Waals surface area contributed by atoms with Gasteiger partial charge in [-0.2, -0.15) is 0 Å². The van der Waals surface area contributed by atoms with E-state index in [0.717, 1.165) is 10.6 Å². The Hall–Kier alpha value is -1.06. The fourth-order valence-corrected chi connectivity index (χ4v) is 1.41. The van der Waals surface area contributed by atoms with Crippen LogP contribution in [0.1, 0.15) is 24.9 Å². The molecular formula is C11H15ClN2O. The van der Waals surface area contributed by atoms with E-state index in [0.29, 0.717) is 13.0 Å². The molecule has 1 atom stereocenters. The van der Waals surface area contributed by atoms with Crippen molar-refractivity contribution in [3.05, 3.63) is 34.9 Å². The summed E-state index contributed by atoms with van der Waals surface area (Å²) in [5.41, 5.74) is 6.18. The molecule has 0 saturated carbocycles. The summed E-state index contributed by atoms with van der Waals surface area (Å²) in [5.74, 6) is -0.286. The molecule has 0 aromatic heterocycles. The number of rotatable bonds is 5. The summed E-state index contributed by atoms with van der Waals surface area (Å²) < 4.78 is 0. The van der Waals surface area contributed by atoms with Gasteiger partial charge in [0.15, 0.2) is 0 Å². The molecule has 0 fully saturated rings. The Kier molecular flexibility index (Phi) is 4.59. The Morgan fingerprint density at radius 3 is 2.60 bits per heavy atom. The quantitative estimate of drug-likeness (QED) is 0.806. The minimum absolute atomic E-state index is 0.196. The number of nitrogens with one attached hydrogen (secondary N) is 1. The van der Waals surface area contributed by atoms with E-state index in [-0.39, 0.29) is 11.9 Å². The molecule has 0 aliphatic heterocycles. The van der Waals surface area contributed by atoms with Gasteiger partial charge >= 0.3 is 0 Å². The highest BCUT2D eigenvalue weighted by Crippen LogP contribution is 2.15. The van der Waals surface area contributed by atoms with Crippen molar-refractivity contribution in [3.63, 3.8) is 0 Å². The van der Waals surface area contributed by atoms with Crippen molar-refractivity contribution in [3.8, 4) is 0 Å². The molecule has 3 N–H and O–H groups in total. The van der Waals surface area contributed by atoms with Crippen molar-refractivity contribution in [2.24, 2.45) is 5.73 Å². The first-order valence-corrected chi connectivity index (χ1v) is 5.24. The Labute approximate surface area is 94.6 Å². The van der Waals surface area contributed by atoms with Gasteiger partial charge in [0.05, 0.1) is 0 Å². The van der Waals surface area contributed by atoms with E-state index in [2.05, 4.69) is 5.32 Å². The van der Waals surface area contributed by atoms with Gasteiger partial charge < -0.3 is 11.1 Å². The highest BCUT2D eigenvalue weighted by Gasteiger charge is 2.04. The summed E-state index contributed by atoms with van der Waals surface area (Å²) in [6.07, 6.45) is 0.359. The monoisotopic (exact) mass is 226 g/mol. The van der Waals surface area contributed by atoms with Gasteiger partial charge in [0.1, 0.15) is 0 Å². The number of halogens is 1. The van der Waals surface area contributed by atoms with Crippen LogP contribution < -0.4 is 11.1 Å². The highest BCUT2D eigenvalue weighted by atomic mass is 35.5. The zero-order chi connectivity index (χ0) is 11.3. The first-order chi connectivity index (χ1) is 7.09. The number of amides is 1. The van der Waals surface area contributed by atoms with Gasteiger partial charge in [-0.25, -0.2) is 0 Å². The molecule has 0 bridgehead atoms. The van der Waals surface area contributed by atoms with Crippen LogP contribution in [0.25, 0.3) is 0 Å². The Morgan fingerprint density at radius 1 is 1.47 bits per heavy atom. The minimum Gasteiger partial charge on any atom is -0.370 e. The lowest BCUT2D eigenvalue weighted by Gasteiger charge is -2.13. The van der Waals surface area contributed by atoms with Gasteiger partial charge in [0, 0.05) is 24.0 Å². The second kappa shape index (κ2) is 5.73. The van der Waals surface area contributed by atoms with E-state index < -0.39 is 0 Å². The topological polar surface area (TPSA) is 55.1 Å². The van der Waals surface area contributed by atoms with Gasteiger partial charge in [-0.3, -0.25) is 4.79 Å². The van der Waals surface area contributed by atoms with Gasteiger partial charge in [0.25, 0.3) is 0 Å². The molecule has 1 aromatic carbocycles. The number of nitrogens with two attached hydrogens (primary N) is 1. The van der Waals surface area contributed by atoms with Crippen molar-refractivity contribution < 1.29 is 4.79 Å². The maximum atomic E-state index is 10.5. The summed E-state index contributed by atoms with van der Waals surface area (Å²) in [5, 5.41) is 3.93. The van der Waals surface area contributed by atoms with E-state index in [1.54, 1.807) is 0 Å². The number of hydrogen-bond acceptors (Lipinski definition) is 2. The molecule has 4 heteroatoms. The van der Waals surface area contributed by atoms with E-state index in [9.17, 15) is 4.79 Å². The lowest BCUT2D eigenvalue weighted by Crippen LogP contribution is -2.24. The summed E-state index contributed by atoms with van der Waals surface area (Å²) in [6.45, 7) is 2.63. The summed E-state index contributed by atoms with van der Waals surface area (Å²) in [7, 11) is 0. The summed E-state index contributed by atoms with van der Waals surface area (Å²) in [6, 6.07) is 7.82. The average molecular weight is 227 g/mol. The van der Waals surface area contributed by atoms with Gasteiger partial charge in [-0.15, -0.1) is 0 Å². The van der Waals surface area contributed by atoms with E-state index in [4.69, 9.17) is 17.3 Å². The van der Waals surface area contributed by atoms with Gasteiger partial charge in [-0.1, -0.05) is 23.7 Å². The second-order valence-electron chi connectivity index (χ2n) is 3.44. The smallest absolute Gasteiger partial charge is 0.218 e. The predicted molar refractivity (Wildman–Crippen MR) is 61.7 cm³/mol. The number of primary amides is 1. The highest BCUT2D eigenvalue weighted by molar-refractivity contribution is 6.30. The molecule has 0 aliphatic carbocycles. The summed E-state index contributed by atoms with van der Waals surface area (Å²) >= 11 is 5.78. The SMILES string of the molecule is CC(NCCC(N)=O)c1ccc(Cl)cc1. The molecule has 1 aromatic rings. The molecule has 0 aliphatic rings. The molecule has 1 unspecified atom stereocenters. The van der Waals surface area contributed by atoms with Crippen LogP contribution in [0.4, 0.5) is 0 Å². The Bertz CT molecular complexity index is 324. The predicted octanol–water partition coefficient (Wildman–Crippen LogP) is 1.87. The van der Waals surface area contributed by atoms with E-state index in [1.807, 2.05) is 31.2 Å². The fraction of sp³-hybridized carbons (Fsp3) is 0.364. The third-order valence-corrected chi connectivity index (χ3v) is 2.44. The molecule has 0 saturated heterocycles. The van der Waals surface area contributed by atoms with Crippen LogP contribution >= 0.6 is 11.6 Å². The maximum absolute atomic E-state index is 10.5. The van der Waals surface area contributed by atoms with Crippen molar-refractivity contribution >= 4 is 17.5 Å². The first kappa shape index (κ1) is 12.0. The average Bonchev–Trinajstić information content (AvgIpc) is 2.18. The lowest BCUT2D eigenvalue weighted by atomic mass is 10.1. The number of carbonyl (C=O) groups excluding carboxylic acids is 1. The van der Waals surface area contributed by atoms with Crippen molar-refractivity contribution in [2.75, 3.05) is 6.54 Å². The van der Waals surface area contributed by atoms with E-state index >= 15 is 0 Å². The van der Waals surface area contributed by atoms with Crippen LogP contribution in [0.5, 0.6) is 0 Å². The van der Waals surface area contributed by atoms with Crippen LogP contribution in [0.3, 0.4) is 0 Å². The van der Waals surface area contributed by atoms with Gasteiger partial charge in [-0.05, 0) is 24.6 Å². The van der Waals surface area contributed by atoms with Crippen LogP contribution in [0, 0.1) is 0 Å². The number of hydrogen-bond donors (Lipinski definition) is 2. The zero-order valence-electron chi connectivity index (χ0n) is 8.66. The Morgan fingerprint density at radius 2 is 2.07 bits per heavy atom. The lowest BCUT2D eigenvalue weighted by molar-refractivity contribution is -0.117. The van der Waals surface area contributed by atoms with E-state index in [1.165, 1.54) is 0 Å². The molecule has 1 amide bonds. The second-order valence-corrected chi connectivity index (χ2v) is 3.88. The molecule has 15 heavy (non-hydrogen) atoms. The standard InChI is InChI=1S/C11H15ClN2O/c1-8(14-7-6-11(13)15)9-2-4-10(12)5-3-9/h2-5,8,14H,6-7H2,1H3,(H2,13,15). The number of carbonyl (C=O) groups is 1. The summed E-state index contributed by atoms with van der Waals surface area (Å²) in [4.78, 5) is 10.5. The van der Waals surface area contributed by atoms with Crippen LogP contribution in [-0.4, -0.2) is 12.5 Å². The third kappa shape index (κ3) is 4.32. The molecular weight excluding hydrogens is 212 g/mol. The maximum Gasteiger partial charge on any atom is 0.218 e. The largest absolute Gasteiger partial charge is 0.370 e. The first-order valence-electron chi connectivity index (χ1n) is 4.86. The molecule has 3 nitrogen and oxygen atoms in total. The van der Waals surface area contributed by atoms with Crippen LogP contribution in [0.2, 0.25) is 5.02 Å². The van der Waals surface area contributed by atoms with Crippen LogP contribution in [-0.2, 0) is 4.79 Å². The Balaban J connectivity index is 2.43. The normalized spacial score (nSPS) is 12.4. The molecule has 0 spiro atoms. The molecule has 82 valence electrons. The molecule has 1 rings (SSSR count).